The molecule has 1 aromatic heterocycles. The van der Waals surface area contributed by atoms with Crippen molar-refractivity contribution in [2.45, 2.75) is 19.9 Å². The van der Waals surface area contributed by atoms with E-state index in [1.807, 2.05) is 31.2 Å². The molecule has 0 radical (unpaired) electrons. The highest BCUT2D eigenvalue weighted by atomic mass is 35.5. The molecule has 0 spiro atoms. The summed E-state index contributed by atoms with van der Waals surface area (Å²) < 4.78 is 0. The number of hydrogen-bond acceptors (Lipinski definition) is 2. The average molecular weight is 300 g/mol. The van der Waals surface area contributed by atoms with Gasteiger partial charge in [-0.05, 0) is 36.0 Å². The van der Waals surface area contributed by atoms with Gasteiger partial charge in [0.05, 0.1) is 11.1 Å². The monoisotopic (exact) mass is 299 g/mol. The van der Waals surface area contributed by atoms with Crippen LogP contribution in [-0.2, 0) is 0 Å². The van der Waals surface area contributed by atoms with Crippen LogP contribution < -0.4 is 5.32 Å². The second-order valence-corrected chi connectivity index (χ2v) is 5.81. The SMILES string of the molecule is CCNC(c1ccccc1Cl)c1scc(C)c1Cl. The number of thiophene rings is 1. The summed E-state index contributed by atoms with van der Waals surface area (Å²) in [6.45, 7) is 4.97. The van der Waals surface area contributed by atoms with Crippen molar-refractivity contribution in [1.29, 1.82) is 0 Å². The number of rotatable bonds is 4. The van der Waals surface area contributed by atoms with Crippen molar-refractivity contribution in [1.82, 2.24) is 5.32 Å². The molecule has 1 unspecified atom stereocenters. The molecule has 0 fully saturated rings. The molecule has 0 amide bonds. The highest BCUT2D eigenvalue weighted by molar-refractivity contribution is 7.10. The van der Waals surface area contributed by atoms with Gasteiger partial charge in [0.25, 0.3) is 0 Å². The first-order valence-corrected chi connectivity index (χ1v) is 7.50. The summed E-state index contributed by atoms with van der Waals surface area (Å²) in [4.78, 5) is 1.13. The summed E-state index contributed by atoms with van der Waals surface area (Å²) in [5, 5.41) is 7.14. The topological polar surface area (TPSA) is 12.0 Å². The van der Waals surface area contributed by atoms with Crippen LogP contribution in [0.1, 0.15) is 29.0 Å². The van der Waals surface area contributed by atoms with Gasteiger partial charge in [0.1, 0.15) is 0 Å². The zero-order valence-electron chi connectivity index (χ0n) is 10.3. The van der Waals surface area contributed by atoms with Crippen LogP contribution in [0.4, 0.5) is 0 Å². The molecule has 1 N–H and O–H groups in total. The second-order valence-electron chi connectivity index (χ2n) is 4.11. The third-order valence-electron chi connectivity index (χ3n) is 2.81. The summed E-state index contributed by atoms with van der Waals surface area (Å²) in [5.74, 6) is 0. The van der Waals surface area contributed by atoms with Crippen molar-refractivity contribution in [2.24, 2.45) is 0 Å². The zero-order chi connectivity index (χ0) is 13.1. The van der Waals surface area contributed by atoms with Crippen molar-refractivity contribution in [3.63, 3.8) is 0 Å². The largest absolute Gasteiger partial charge is 0.306 e. The first-order chi connectivity index (χ1) is 8.65. The van der Waals surface area contributed by atoms with E-state index >= 15 is 0 Å². The Morgan fingerprint density at radius 2 is 2.00 bits per heavy atom. The van der Waals surface area contributed by atoms with Gasteiger partial charge in [-0.3, -0.25) is 0 Å². The fraction of sp³-hybridized carbons (Fsp3) is 0.286. The van der Waals surface area contributed by atoms with Gasteiger partial charge in [-0.1, -0.05) is 48.3 Å². The van der Waals surface area contributed by atoms with E-state index in [9.17, 15) is 0 Å². The van der Waals surface area contributed by atoms with Crippen molar-refractivity contribution >= 4 is 34.5 Å². The molecule has 1 nitrogen and oxygen atoms in total. The molecule has 2 aromatic rings. The van der Waals surface area contributed by atoms with Gasteiger partial charge in [-0.2, -0.15) is 0 Å². The Morgan fingerprint density at radius 1 is 1.28 bits per heavy atom. The molecule has 0 bridgehead atoms. The van der Waals surface area contributed by atoms with E-state index in [2.05, 4.69) is 17.6 Å². The Kier molecular flexibility index (Phi) is 4.68. The summed E-state index contributed by atoms with van der Waals surface area (Å²) in [7, 11) is 0. The van der Waals surface area contributed by atoms with Crippen LogP contribution in [0.15, 0.2) is 29.6 Å². The predicted octanol–water partition coefficient (Wildman–Crippen LogP) is 5.06. The summed E-state index contributed by atoms with van der Waals surface area (Å²) in [6, 6.07) is 7.96. The van der Waals surface area contributed by atoms with Gasteiger partial charge in [-0.25, -0.2) is 0 Å². The maximum absolute atomic E-state index is 6.37. The number of aryl methyl sites for hydroxylation is 1. The van der Waals surface area contributed by atoms with Crippen molar-refractivity contribution < 1.29 is 0 Å². The lowest BCUT2D eigenvalue weighted by Crippen LogP contribution is -2.21. The molecule has 0 aliphatic rings. The third kappa shape index (κ3) is 2.72. The fourth-order valence-electron chi connectivity index (χ4n) is 1.90. The molecule has 1 aromatic carbocycles. The first-order valence-electron chi connectivity index (χ1n) is 5.86. The summed E-state index contributed by atoms with van der Waals surface area (Å²) >= 11 is 14.3. The van der Waals surface area contributed by atoms with Crippen LogP contribution in [0.2, 0.25) is 10.0 Å². The molecular formula is C14H15Cl2NS. The second kappa shape index (κ2) is 6.07. The molecule has 18 heavy (non-hydrogen) atoms. The van der Waals surface area contributed by atoms with E-state index in [1.165, 1.54) is 0 Å². The third-order valence-corrected chi connectivity index (χ3v) is 4.93. The molecule has 1 atom stereocenters. The summed E-state index contributed by atoms with van der Waals surface area (Å²) in [6.07, 6.45) is 0. The fourth-order valence-corrected chi connectivity index (χ4v) is 3.54. The van der Waals surface area contributed by atoms with Crippen LogP contribution in [0, 0.1) is 6.92 Å². The lowest BCUT2D eigenvalue weighted by Gasteiger charge is -2.19. The first kappa shape index (κ1) is 13.9. The Balaban J connectivity index is 2.47. The minimum atomic E-state index is 0.0647. The van der Waals surface area contributed by atoms with Crippen molar-refractivity contribution in [3.8, 4) is 0 Å². The van der Waals surface area contributed by atoms with Gasteiger partial charge >= 0.3 is 0 Å². The number of benzene rings is 1. The summed E-state index contributed by atoms with van der Waals surface area (Å²) in [5.41, 5.74) is 2.19. The van der Waals surface area contributed by atoms with E-state index in [-0.39, 0.29) is 6.04 Å². The lowest BCUT2D eigenvalue weighted by atomic mass is 10.0. The molecule has 0 aliphatic carbocycles. The van der Waals surface area contributed by atoms with Gasteiger partial charge in [0, 0.05) is 9.90 Å². The molecule has 0 aliphatic heterocycles. The molecule has 0 saturated carbocycles. The van der Waals surface area contributed by atoms with Gasteiger partial charge in [-0.15, -0.1) is 11.3 Å². The van der Waals surface area contributed by atoms with Crippen LogP contribution in [0.5, 0.6) is 0 Å². The highest BCUT2D eigenvalue weighted by Crippen LogP contribution is 2.37. The lowest BCUT2D eigenvalue weighted by molar-refractivity contribution is 0.640. The molecule has 0 saturated heterocycles. The maximum Gasteiger partial charge on any atom is 0.0700 e. The molecule has 96 valence electrons. The van der Waals surface area contributed by atoms with Gasteiger partial charge < -0.3 is 5.32 Å². The van der Waals surface area contributed by atoms with E-state index in [0.717, 1.165) is 32.6 Å². The normalized spacial score (nSPS) is 12.7. The zero-order valence-corrected chi connectivity index (χ0v) is 12.7. The van der Waals surface area contributed by atoms with E-state index in [0.29, 0.717) is 0 Å². The quantitative estimate of drug-likeness (QED) is 0.832. The van der Waals surface area contributed by atoms with Crippen LogP contribution in [0.25, 0.3) is 0 Å². The predicted molar refractivity (Wildman–Crippen MR) is 81.0 cm³/mol. The van der Waals surface area contributed by atoms with Gasteiger partial charge in [0.15, 0.2) is 0 Å². The molecule has 2 rings (SSSR count). The maximum atomic E-state index is 6.37. The van der Waals surface area contributed by atoms with E-state index < -0.39 is 0 Å². The number of halogens is 2. The van der Waals surface area contributed by atoms with Crippen LogP contribution in [-0.4, -0.2) is 6.54 Å². The standard InChI is InChI=1S/C14H15Cl2NS/c1-3-17-13(10-6-4-5-7-11(10)15)14-12(16)9(2)8-18-14/h4-8,13,17H,3H2,1-2H3. The number of nitrogens with one attached hydrogen (secondary N) is 1. The van der Waals surface area contributed by atoms with Crippen molar-refractivity contribution in [3.05, 3.63) is 55.7 Å². The average Bonchev–Trinajstić information content (AvgIpc) is 2.69. The smallest absolute Gasteiger partial charge is 0.0700 e. The van der Waals surface area contributed by atoms with Gasteiger partial charge in [0.2, 0.25) is 0 Å². The molecular weight excluding hydrogens is 285 g/mol. The van der Waals surface area contributed by atoms with Crippen LogP contribution in [0.3, 0.4) is 0 Å². The highest BCUT2D eigenvalue weighted by Gasteiger charge is 2.20. The molecule has 4 heteroatoms. The number of hydrogen-bond donors (Lipinski definition) is 1. The Labute approximate surface area is 122 Å². The Morgan fingerprint density at radius 3 is 2.56 bits per heavy atom. The Hall–Kier alpha value is -0.540. The Bertz CT molecular complexity index is 536. The van der Waals surface area contributed by atoms with E-state index in [1.54, 1.807) is 11.3 Å². The minimum absolute atomic E-state index is 0.0647. The van der Waals surface area contributed by atoms with Crippen molar-refractivity contribution in [2.75, 3.05) is 6.54 Å². The molecule has 1 heterocycles. The van der Waals surface area contributed by atoms with Crippen LogP contribution >= 0.6 is 34.5 Å². The van der Waals surface area contributed by atoms with E-state index in [4.69, 9.17) is 23.2 Å². The minimum Gasteiger partial charge on any atom is -0.306 e.